The topological polar surface area (TPSA) is 49.1 Å². The van der Waals surface area contributed by atoms with Gasteiger partial charge in [0.15, 0.2) is 11.1 Å². The molecule has 4 aliphatic rings. The average molecular weight is 442 g/mol. The average Bonchev–Trinajstić information content (AvgIpc) is 3.40. The van der Waals surface area contributed by atoms with Crippen LogP contribution in [0.5, 0.6) is 0 Å². The van der Waals surface area contributed by atoms with E-state index in [0.29, 0.717) is 12.1 Å². The predicted molar refractivity (Wildman–Crippen MR) is 128 cm³/mol. The van der Waals surface area contributed by atoms with Gasteiger partial charge in [-0.2, -0.15) is 0 Å². The van der Waals surface area contributed by atoms with Crippen LogP contribution >= 0.6 is 11.8 Å². The molecule has 1 aromatic heterocycles. The van der Waals surface area contributed by atoms with Crippen molar-refractivity contribution in [3.05, 3.63) is 22.8 Å². The van der Waals surface area contributed by atoms with E-state index in [0.717, 1.165) is 60.5 Å². The van der Waals surface area contributed by atoms with Crippen molar-refractivity contribution in [1.29, 1.82) is 0 Å². The van der Waals surface area contributed by atoms with Gasteiger partial charge in [0.25, 0.3) is 5.91 Å². The smallest absolute Gasteiger partial charge is 0.267 e. The summed E-state index contributed by atoms with van der Waals surface area (Å²) in [6, 6.07) is 4.75. The molecule has 3 heterocycles. The number of carbonyl (C=O) groups excluding carboxylic acids is 1. The van der Waals surface area contributed by atoms with Crippen LogP contribution in [0.2, 0.25) is 0 Å². The van der Waals surface area contributed by atoms with Crippen molar-refractivity contribution in [2.75, 3.05) is 18.0 Å². The van der Waals surface area contributed by atoms with Gasteiger partial charge in [-0.25, -0.2) is 0 Å². The summed E-state index contributed by atoms with van der Waals surface area (Å²) in [5, 5.41) is 0.942. The number of hydrogen-bond donors (Lipinski definition) is 0. The second kappa shape index (κ2) is 9.85. The lowest BCUT2D eigenvalue weighted by Crippen LogP contribution is -2.41. The zero-order chi connectivity index (χ0) is 21.0. The lowest BCUT2D eigenvalue weighted by molar-refractivity contribution is -0.124. The first kappa shape index (κ1) is 21.2. The summed E-state index contributed by atoms with van der Waals surface area (Å²) in [5.74, 6) is 1.84. The quantitative estimate of drug-likeness (QED) is 0.521. The summed E-state index contributed by atoms with van der Waals surface area (Å²) in [5.41, 5.74) is 0. The third kappa shape index (κ3) is 4.89. The van der Waals surface area contributed by atoms with Gasteiger partial charge < -0.3 is 9.32 Å². The lowest BCUT2D eigenvalue weighted by atomic mass is 9.94. The highest BCUT2D eigenvalue weighted by Crippen LogP contribution is 2.39. The van der Waals surface area contributed by atoms with Crippen LogP contribution in [0, 0.1) is 0 Å². The maximum absolute atomic E-state index is 13.5. The van der Waals surface area contributed by atoms with Gasteiger partial charge in [-0.1, -0.05) is 38.5 Å². The molecule has 1 aromatic rings. The molecule has 31 heavy (non-hydrogen) atoms. The molecular formula is C25H35N3O2S. The molecule has 4 fully saturated rings. The molecule has 0 radical (unpaired) electrons. The molecule has 6 heteroatoms. The Balaban J connectivity index is 1.37. The van der Waals surface area contributed by atoms with E-state index < -0.39 is 0 Å². The van der Waals surface area contributed by atoms with E-state index in [4.69, 9.17) is 9.41 Å². The maximum Gasteiger partial charge on any atom is 0.267 e. The molecule has 5 rings (SSSR count). The molecule has 1 amide bonds. The van der Waals surface area contributed by atoms with E-state index in [2.05, 4.69) is 11.0 Å². The molecule has 0 bridgehead atoms. The largest absolute Gasteiger partial charge is 0.441 e. The van der Waals surface area contributed by atoms with Gasteiger partial charge in [0.2, 0.25) is 0 Å². The molecule has 0 atom stereocenters. The van der Waals surface area contributed by atoms with Crippen LogP contribution in [0.4, 0.5) is 5.88 Å². The first-order valence-corrected chi connectivity index (χ1v) is 13.3. The monoisotopic (exact) mass is 441 g/mol. The highest BCUT2D eigenvalue weighted by Gasteiger charge is 2.39. The summed E-state index contributed by atoms with van der Waals surface area (Å²) < 4.78 is 6.12. The number of anilines is 1. The molecule has 0 N–H and O–H groups in total. The van der Waals surface area contributed by atoms with Gasteiger partial charge in [0, 0.05) is 31.3 Å². The van der Waals surface area contributed by atoms with Gasteiger partial charge in [-0.05, 0) is 62.8 Å². The fourth-order valence-corrected chi connectivity index (χ4v) is 6.53. The molecule has 5 nitrogen and oxygen atoms in total. The molecule has 0 aromatic carbocycles. The first-order chi connectivity index (χ1) is 15.3. The van der Waals surface area contributed by atoms with Crippen molar-refractivity contribution in [3.63, 3.8) is 0 Å². The van der Waals surface area contributed by atoms with E-state index in [-0.39, 0.29) is 5.91 Å². The van der Waals surface area contributed by atoms with Gasteiger partial charge in [-0.3, -0.25) is 14.7 Å². The third-order valence-electron chi connectivity index (χ3n) is 7.20. The van der Waals surface area contributed by atoms with Gasteiger partial charge in [0.1, 0.15) is 5.76 Å². The zero-order valence-corrected chi connectivity index (χ0v) is 19.4. The van der Waals surface area contributed by atoms with Crippen molar-refractivity contribution in [3.8, 4) is 0 Å². The van der Waals surface area contributed by atoms with Crippen LogP contribution < -0.4 is 4.90 Å². The molecule has 168 valence electrons. The number of nitrogens with zero attached hydrogens (tertiary/aromatic N) is 3. The van der Waals surface area contributed by atoms with E-state index in [9.17, 15) is 4.79 Å². The van der Waals surface area contributed by atoms with Crippen molar-refractivity contribution in [1.82, 2.24) is 4.90 Å². The van der Waals surface area contributed by atoms with E-state index in [1.54, 1.807) is 11.8 Å². The number of amidine groups is 1. The minimum absolute atomic E-state index is 0.127. The number of piperidine rings is 1. The molecule has 2 saturated heterocycles. The van der Waals surface area contributed by atoms with Crippen LogP contribution in [-0.2, 0) is 4.79 Å². The highest BCUT2D eigenvalue weighted by atomic mass is 32.2. The number of rotatable bonds is 4. The Labute approximate surface area is 190 Å². The minimum atomic E-state index is 0.127. The molecular weight excluding hydrogens is 406 g/mol. The van der Waals surface area contributed by atoms with Gasteiger partial charge >= 0.3 is 0 Å². The number of hydrogen-bond acceptors (Lipinski definition) is 5. The van der Waals surface area contributed by atoms with E-state index >= 15 is 0 Å². The van der Waals surface area contributed by atoms with Crippen molar-refractivity contribution < 1.29 is 9.21 Å². The number of amides is 1. The number of carbonyl (C=O) groups is 1. The van der Waals surface area contributed by atoms with E-state index in [1.807, 2.05) is 17.0 Å². The summed E-state index contributed by atoms with van der Waals surface area (Å²) in [7, 11) is 0. The number of furan rings is 1. The van der Waals surface area contributed by atoms with E-state index in [1.165, 1.54) is 57.8 Å². The summed E-state index contributed by atoms with van der Waals surface area (Å²) in [4.78, 5) is 23.7. The third-order valence-corrected chi connectivity index (χ3v) is 8.20. The van der Waals surface area contributed by atoms with Crippen LogP contribution in [0.3, 0.4) is 0 Å². The Morgan fingerprint density at radius 3 is 2.32 bits per heavy atom. The fraction of sp³-hybridized carbons (Fsp3) is 0.680. The number of aliphatic imine (C=N–C) groups is 1. The van der Waals surface area contributed by atoms with Crippen molar-refractivity contribution >= 4 is 34.8 Å². The maximum atomic E-state index is 13.5. The normalized spacial score (nSPS) is 27.0. The Morgan fingerprint density at radius 2 is 1.58 bits per heavy atom. The van der Waals surface area contributed by atoms with Gasteiger partial charge in [0.05, 0.1) is 10.9 Å². The first-order valence-electron chi connectivity index (χ1n) is 12.4. The van der Waals surface area contributed by atoms with Crippen LogP contribution in [-0.4, -0.2) is 41.1 Å². The molecule has 2 saturated carbocycles. The summed E-state index contributed by atoms with van der Waals surface area (Å²) >= 11 is 1.57. The van der Waals surface area contributed by atoms with Crippen LogP contribution in [0.1, 0.15) is 89.2 Å². The summed E-state index contributed by atoms with van der Waals surface area (Å²) in [6.07, 6.45) is 17.8. The zero-order valence-electron chi connectivity index (χ0n) is 18.6. The standard InChI is InChI=1S/C25H35N3O2S/c29-24-22(18-21-14-15-23(30-21)27-16-8-3-9-17-27)31-25(26-19-10-4-1-5-11-19)28(24)20-12-6-2-7-13-20/h14-15,18-20H,1-13,16-17H2/b22-18-,26-25?. The Hall–Kier alpha value is -1.69. The van der Waals surface area contributed by atoms with Crippen molar-refractivity contribution in [2.24, 2.45) is 4.99 Å². The summed E-state index contributed by atoms with van der Waals surface area (Å²) in [6.45, 7) is 2.12. The minimum Gasteiger partial charge on any atom is -0.441 e. The highest BCUT2D eigenvalue weighted by molar-refractivity contribution is 8.18. The Kier molecular flexibility index (Phi) is 6.72. The second-order valence-electron chi connectivity index (χ2n) is 9.50. The van der Waals surface area contributed by atoms with Crippen LogP contribution in [0.15, 0.2) is 26.4 Å². The Bertz CT molecular complexity index is 828. The Morgan fingerprint density at radius 1 is 0.903 bits per heavy atom. The fourth-order valence-electron chi connectivity index (χ4n) is 5.44. The van der Waals surface area contributed by atoms with Crippen molar-refractivity contribution in [2.45, 2.75) is 95.6 Å². The number of thioether (sulfide) groups is 1. The molecule has 0 spiro atoms. The molecule has 2 aliphatic carbocycles. The molecule has 2 aliphatic heterocycles. The second-order valence-corrected chi connectivity index (χ2v) is 10.5. The van der Waals surface area contributed by atoms with Crippen LogP contribution in [0.25, 0.3) is 6.08 Å². The molecule has 0 unspecified atom stereocenters. The lowest BCUT2D eigenvalue weighted by Gasteiger charge is -2.31. The SMILES string of the molecule is O=C1/C(=C/c2ccc(N3CCCCC3)o2)SC(=NC2CCCCC2)N1C1CCCCC1. The predicted octanol–water partition coefficient (Wildman–Crippen LogP) is 6.21. The van der Waals surface area contributed by atoms with Gasteiger partial charge in [-0.15, -0.1) is 0 Å².